The summed E-state index contributed by atoms with van der Waals surface area (Å²) >= 11 is 5.54. The Bertz CT molecular complexity index is 408. The van der Waals surface area contributed by atoms with Gasteiger partial charge in [-0.2, -0.15) is 5.10 Å². The Hall–Kier alpha value is -1.42. The fourth-order valence-corrected chi connectivity index (χ4v) is 2.36. The molecule has 1 aliphatic rings. The molecule has 0 aliphatic carbocycles. The number of benzene rings is 1. The minimum absolute atomic E-state index is 0.850. The zero-order valence-corrected chi connectivity index (χ0v) is 10.8. The van der Waals surface area contributed by atoms with Crippen LogP contribution in [0.2, 0.25) is 0 Å². The molecular formula is C13H17N3S. The molecule has 0 aromatic heterocycles. The topological polar surface area (TPSA) is 27.6 Å². The smallest absolute Gasteiger partial charge is 0.130 e. The van der Waals surface area contributed by atoms with Crippen molar-refractivity contribution in [2.75, 3.05) is 20.1 Å². The van der Waals surface area contributed by atoms with E-state index in [9.17, 15) is 0 Å². The lowest BCUT2D eigenvalue weighted by molar-refractivity contribution is 0.535. The van der Waals surface area contributed by atoms with Gasteiger partial charge in [-0.05, 0) is 12.8 Å². The number of nitrogens with one attached hydrogen (secondary N) is 1. The molecule has 2 rings (SSSR count). The minimum Gasteiger partial charge on any atom is -0.361 e. The minimum atomic E-state index is 0.850. The second-order valence-corrected chi connectivity index (χ2v) is 4.44. The average Bonchev–Trinajstić information content (AvgIpc) is 2.90. The molecule has 1 saturated heterocycles. The Morgan fingerprint density at radius 1 is 1.24 bits per heavy atom. The van der Waals surface area contributed by atoms with Gasteiger partial charge in [0.15, 0.2) is 0 Å². The van der Waals surface area contributed by atoms with E-state index >= 15 is 0 Å². The Labute approximate surface area is 108 Å². The molecule has 0 saturated carbocycles. The van der Waals surface area contributed by atoms with Crippen molar-refractivity contribution in [2.24, 2.45) is 5.10 Å². The van der Waals surface area contributed by atoms with Crippen LogP contribution in [0.4, 0.5) is 0 Å². The van der Waals surface area contributed by atoms with E-state index < -0.39 is 0 Å². The van der Waals surface area contributed by atoms with Crippen molar-refractivity contribution in [1.29, 1.82) is 0 Å². The summed E-state index contributed by atoms with van der Waals surface area (Å²) in [6.45, 7) is 2.10. The quantitative estimate of drug-likeness (QED) is 0.503. The van der Waals surface area contributed by atoms with Crippen LogP contribution >= 0.6 is 12.2 Å². The number of hydrogen-bond donors (Lipinski definition) is 1. The van der Waals surface area contributed by atoms with E-state index in [2.05, 4.69) is 15.4 Å². The first-order valence-electron chi connectivity index (χ1n) is 5.92. The Kier molecular flexibility index (Phi) is 4.09. The van der Waals surface area contributed by atoms with Gasteiger partial charge in [-0.25, -0.2) is 0 Å². The largest absolute Gasteiger partial charge is 0.361 e. The summed E-state index contributed by atoms with van der Waals surface area (Å²) in [6, 6.07) is 10.1. The SMILES string of the molecule is CN/N=C(/C(=S)N1CCCC1)c1ccccc1. The first-order chi connectivity index (χ1) is 8.33. The summed E-state index contributed by atoms with van der Waals surface area (Å²) in [5, 5.41) is 4.32. The van der Waals surface area contributed by atoms with Gasteiger partial charge in [0.05, 0.1) is 0 Å². The van der Waals surface area contributed by atoms with Crippen LogP contribution in [0.1, 0.15) is 18.4 Å². The van der Waals surface area contributed by atoms with Crippen molar-refractivity contribution in [3.05, 3.63) is 35.9 Å². The fraction of sp³-hybridized carbons (Fsp3) is 0.385. The van der Waals surface area contributed by atoms with Crippen LogP contribution in [-0.4, -0.2) is 35.7 Å². The monoisotopic (exact) mass is 247 g/mol. The average molecular weight is 247 g/mol. The van der Waals surface area contributed by atoms with Crippen LogP contribution in [0.25, 0.3) is 0 Å². The Morgan fingerprint density at radius 2 is 1.88 bits per heavy atom. The molecule has 0 amide bonds. The number of hydrazone groups is 1. The van der Waals surface area contributed by atoms with Crippen LogP contribution in [0.15, 0.2) is 35.4 Å². The van der Waals surface area contributed by atoms with E-state index in [4.69, 9.17) is 12.2 Å². The maximum absolute atomic E-state index is 5.54. The van der Waals surface area contributed by atoms with Crippen LogP contribution in [0.3, 0.4) is 0 Å². The molecular weight excluding hydrogens is 230 g/mol. The third-order valence-corrected chi connectivity index (χ3v) is 3.32. The van der Waals surface area contributed by atoms with Crippen molar-refractivity contribution >= 4 is 22.9 Å². The van der Waals surface area contributed by atoms with Crippen LogP contribution < -0.4 is 5.43 Å². The van der Waals surface area contributed by atoms with Crippen LogP contribution in [-0.2, 0) is 0 Å². The van der Waals surface area contributed by atoms with Gasteiger partial charge in [0.25, 0.3) is 0 Å². The normalized spacial score (nSPS) is 16.1. The van der Waals surface area contributed by atoms with E-state index in [-0.39, 0.29) is 0 Å². The molecule has 1 fully saturated rings. The molecule has 0 unspecified atom stereocenters. The zero-order chi connectivity index (χ0) is 12.1. The van der Waals surface area contributed by atoms with Crippen LogP contribution in [0.5, 0.6) is 0 Å². The van der Waals surface area contributed by atoms with Crippen molar-refractivity contribution in [3.8, 4) is 0 Å². The van der Waals surface area contributed by atoms with Crippen LogP contribution in [0, 0.1) is 0 Å². The predicted octanol–water partition coefficient (Wildman–Crippen LogP) is 2.03. The summed E-state index contributed by atoms with van der Waals surface area (Å²) in [5.41, 5.74) is 4.78. The van der Waals surface area contributed by atoms with Gasteiger partial charge >= 0.3 is 0 Å². The highest BCUT2D eigenvalue weighted by Crippen LogP contribution is 2.12. The zero-order valence-electron chi connectivity index (χ0n) is 10.0. The lowest BCUT2D eigenvalue weighted by Crippen LogP contribution is -2.34. The van der Waals surface area contributed by atoms with Crippen molar-refractivity contribution in [2.45, 2.75) is 12.8 Å². The maximum Gasteiger partial charge on any atom is 0.130 e. The molecule has 3 nitrogen and oxygen atoms in total. The van der Waals surface area contributed by atoms with Crippen molar-refractivity contribution in [1.82, 2.24) is 10.3 Å². The molecule has 17 heavy (non-hydrogen) atoms. The van der Waals surface area contributed by atoms with E-state index in [0.29, 0.717) is 0 Å². The number of hydrogen-bond acceptors (Lipinski definition) is 3. The fourth-order valence-electron chi connectivity index (χ4n) is 2.01. The molecule has 0 bridgehead atoms. The molecule has 1 heterocycles. The third-order valence-electron chi connectivity index (χ3n) is 2.87. The highest BCUT2D eigenvalue weighted by Gasteiger charge is 2.20. The summed E-state index contributed by atoms with van der Waals surface area (Å²) in [6.07, 6.45) is 2.45. The number of rotatable bonds is 3. The van der Waals surface area contributed by atoms with E-state index in [1.165, 1.54) is 12.8 Å². The van der Waals surface area contributed by atoms with E-state index in [0.717, 1.165) is 29.4 Å². The molecule has 0 atom stereocenters. The highest BCUT2D eigenvalue weighted by atomic mass is 32.1. The van der Waals surface area contributed by atoms with Gasteiger partial charge in [-0.15, -0.1) is 0 Å². The van der Waals surface area contributed by atoms with E-state index in [1.54, 1.807) is 7.05 Å². The first kappa shape index (κ1) is 12.0. The van der Waals surface area contributed by atoms with Crippen molar-refractivity contribution in [3.63, 3.8) is 0 Å². The predicted molar refractivity (Wildman–Crippen MR) is 75.4 cm³/mol. The molecule has 0 spiro atoms. The van der Waals surface area contributed by atoms with Gasteiger partial charge in [-0.1, -0.05) is 42.5 Å². The molecule has 1 aromatic rings. The maximum atomic E-state index is 5.54. The highest BCUT2D eigenvalue weighted by molar-refractivity contribution is 7.82. The van der Waals surface area contributed by atoms with Gasteiger partial charge < -0.3 is 10.3 Å². The second kappa shape index (κ2) is 5.77. The lowest BCUT2D eigenvalue weighted by Gasteiger charge is -2.19. The van der Waals surface area contributed by atoms with Gasteiger partial charge in [0, 0.05) is 25.7 Å². The summed E-state index contributed by atoms with van der Waals surface area (Å²) in [4.78, 5) is 3.08. The standard InChI is InChI=1S/C13H17N3S/c1-14-15-12(11-7-3-2-4-8-11)13(17)16-9-5-6-10-16/h2-4,7-8,14H,5-6,9-10H2,1H3/b15-12+. The lowest BCUT2D eigenvalue weighted by atomic mass is 10.1. The first-order valence-corrected chi connectivity index (χ1v) is 6.33. The summed E-state index contributed by atoms with van der Waals surface area (Å²) < 4.78 is 0. The molecule has 4 heteroatoms. The third kappa shape index (κ3) is 2.82. The summed E-state index contributed by atoms with van der Waals surface area (Å²) in [7, 11) is 1.80. The molecule has 90 valence electrons. The second-order valence-electron chi connectivity index (χ2n) is 4.05. The Balaban J connectivity index is 2.23. The number of nitrogens with zero attached hydrogens (tertiary/aromatic N) is 2. The molecule has 1 aliphatic heterocycles. The van der Waals surface area contributed by atoms with Gasteiger partial charge in [0.2, 0.25) is 0 Å². The number of likely N-dealkylation sites (tertiary alicyclic amines) is 1. The molecule has 1 N–H and O–H groups in total. The van der Waals surface area contributed by atoms with Crippen molar-refractivity contribution < 1.29 is 0 Å². The van der Waals surface area contributed by atoms with Gasteiger partial charge in [0.1, 0.15) is 10.7 Å². The van der Waals surface area contributed by atoms with Gasteiger partial charge in [-0.3, -0.25) is 0 Å². The number of thiocarbonyl (C=S) groups is 1. The van der Waals surface area contributed by atoms with E-state index in [1.807, 2.05) is 30.3 Å². The molecule has 0 radical (unpaired) electrons. The summed E-state index contributed by atoms with van der Waals surface area (Å²) in [5.74, 6) is 0. The molecule has 1 aromatic carbocycles. The Morgan fingerprint density at radius 3 is 2.47 bits per heavy atom.